The van der Waals surface area contributed by atoms with E-state index in [1.807, 2.05) is 39.2 Å². The summed E-state index contributed by atoms with van der Waals surface area (Å²) in [6, 6.07) is 6.10. The Bertz CT molecular complexity index is 310. The highest BCUT2D eigenvalue weighted by Crippen LogP contribution is 2.19. The number of benzene rings is 1. The molecule has 0 heterocycles. The van der Waals surface area contributed by atoms with E-state index in [1.54, 1.807) is 0 Å². The van der Waals surface area contributed by atoms with Crippen molar-refractivity contribution in [1.82, 2.24) is 4.90 Å². The molecule has 0 aliphatic carbocycles. The van der Waals surface area contributed by atoms with E-state index in [4.69, 9.17) is 10.5 Å². The summed E-state index contributed by atoms with van der Waals surface area (Å²) in [5.74, 6) is 0.944. The van der Waals surface area contributed by atoms with E-state index in [-0.39, 0.29) is 0 Å². The molecule has 0 aromatic heterocycles. The van der Waals surface area contributed by atoms with Gasteiger partial charge in [0, 0.05) is 13.1 Å². The van der Waals surface area contributed by atoms with Crippen LogP contribution in [0.2, 0.25) is 0 Å². The molecule has 15 heavy (non-hydrogen) atoms. The maximum atomic E-state index is 5.69. The average molecular weight is 208 g/mol. The molecule has 3 nitrogen and oxygen atoms in total. The molecule has 0 aliphatic heterocycles. The fraction of sp³-hybridized carbons (Fsp3) is 0.500. The summed E-state index contributed by atoms with van der Waals surface area (Å²) in [6.07, 6.45) is 0. The van der Waals surface area contributed by atoms with Crippen LogP contribution in [0.15, 0.2) is 18.2 Å². The van der Waals surface area contributed by atoms with Crippen molar-refractivity contribution in [3.05, 3.63) is 29.3 Å². The molecule has 1 aromatic rings. The molecule has 0 saturated carbocycles. The Morgan fingerprint density at radius 3 is 2.67 bits per heavy atom. The Balaban J connectivity index is 2.59. The highest BCUT2D eigenvalue weighted by molar-refractivity contribution is 5.36. The van der Waals surface area contributed by atoms with E-state index in [9.17, 15) is 0 Å². The lowest BCUT2D eigenvalue weighted by Crippen LogP contribution is -2.19. The molecule has 0 bridgehead atoms. The van der Waals surface area contributed by atoms with Gasteiger partial charge in [0.1, 0.15) is 12.4 Å². The Morgan fingerprint density at radius 2 is 2.07 bits per heavy atom. The zero-order chi connectivity index (χ0) is 11.3. The summed E-state index contributed by atoms with van der Waals surface area (Å²) in [6.45, 7) is 4.24. The number of likely N-dealkylation sites (N-methyl/N-ethyl adjacent to an activating group) is 1. The van der Waals surface area contributed by atoms with Crippen molar-refractivity contribution in [1.29, 1.82) is 0 Å². The van der Waals surface area contributed by atoms with Crippen LogP contribution in [0.5, 0.6) is 5.75 Å². The summed E-state index contributed by atoms with van der Waals surface area (Å²) in [4.78, 5) is 2.10. The second-order valence-electron chi connectivity index (χ2n) is 3.96. The molecule has 0 amide bonds. The van der Waals surface area contributed by atoms with Gasteiger partial charge in [0.25, 0.3) is 0 Å². The van der Waals surface area contributed by atoms with Gasteiger partial charge in [-0.05, 0) is 38.2 Å². The first kappa shape index (κ1) is 12.0. The smallest absolute Gasteiger partial charge is 0.122 e. The Morgan fingerprint density at radius 1 is 1.33 bits per heavy atom. The summed E-state index contributed by atoms with van der Waals surface area (Å²) in [7, 11) is 4.07. The SMILES string of the molecule is Cc1ccc(CN)cc1OCCN(C)C. The minimum atomic E-state index is 0.560. The van der Waals surface area contributed by atoms with Gasteiger partial charge >= 0.3 is 0 Å². The van der Waals surface area contributed by atoms with Gasteiger partial charge in [-0.1, -0.05) is 12.1 Å². The van der Waals surface area contributed by atoms with E-state index in [0.29, 0.717) is 13.2 Å². The monoisotopic (exact) mass is 208 g/mol. The van der Waals surface area contributed by atoms with Gasteiger partial charge in [0.2, 0.25) is 0 Å². The predicted octanol–water partition coefficient (Wildman–Crippen LogP) is 1.39. The highest BCUT2D eigenvalue weighted by atomic mass is 16.5. The topological polar surface area (TPSA) is 38.5 Å². The molecule has 0 aliphatic rings. The predicted molar refractivity (Wildman–Crippen MR) is 63.1 cm³/mol. The lowest BCUT2D eigenvalue weighted by molar-refractivity contribution is 0.260. The van der Waals surface area contributed by atoms with Crippen LogP contribution < -0.4 is 10.5 Å². The van der Waals surface area contributed by atoms with Crippen molar-refractivity contribution in [3.8, 4) is 5.75 Å². The van der Waals surface area contributed by atoms with E-state index in [0.717, 1.165) is 23.4 Å². The quantitative estimate of drug-likeness (QED) is 0.794. The van der Waals surface area contributed by atoms with Crippen molar-refractivity contribution in [2.45, 2.75) is 13.5 Å². The minimum absolute atomic E-state index is 0.560. The van der Waals surface area contributed by atoms with Crippen molar-refractivity contribution >= 4 is 0 Å². The molecule has 2 N–H and O–H groups in total. The Kier molecular flexibility index (Phi) is 4.59. The highest BCUT2D eigenvalue weighted by Gasteiger charge is 2.01. The number of ether oxygens (including phenoxy) is 1. The zero-order valence-corrected chi connectivity index (χ0v) is 9.79. The molecule has 84 valence electrons. The molecule has 0 atom stereocenters. The standard InChI is InChI=1S/C12H20N2O/c1-10-4-5-11(9-13)8-12(10)15-7-6-14(2)3/h4-5,8H,6-7,9,13H2,1-3H3. The zero-order valence-electron chi connectivity index (χ0n) is 9.79. The maximum absolute atomic E-state index is 5.69. The molecular weight excluding hydrogens is 188 g/mol. The fourth-order valence-corrected chi connectivity index (χ4v) is 1.27. The number of hydrogen-bond donors (Lipinski definition) is 1. The summed E-state index contributed by atoms with van der Waals surface area (Å²) < 4.78 is 5.69. The molecule has 0 fully saturated rings. The van der Waals surface area contributed by atoms with E-state index in [2.05, 4.69) is 4.90 Å². The Labute approximate surface area is 91.8 Å². The lowest BCUT2D eigenvalue weighted by atomic mass is 10.1. The molecule has 0 saturated heterocycles. The third-order valence-corrected chi connectivity index (χ3v) is 2.28. The van der Waals surface area contributed by atoms with E-state index >= 15 is 0 Å². The van der Waals surface area contributed by atoms with Gasteiger partial charge in [-0.3, -0.25) is 0 Å². The summed E-state index contributed by atoms with van der Waals surface area (Å²) in [5.41, 5.74) is 7.85. The van der Waals surface area contributed by atoms with Crippen LogP contribution in [-0.2, 0) is 6.54 Å². The van der Waals surface area contributed by atoms with E-state index < -0.39 is 0 Å². The number of nitrogens with two attached hydrogens (primary N) is 1. The normalized spacial score (nSPS) is 10.7. The van der Waals surface area contributed by atoms with Crippen molar-refractivity contribution in [3.63, 3.8) is 0 Å². The molecule has 0 spiro atoms. The van der Waals surface area contributed by atoms with Crippen LogP contribution in [0.4, 0.5) is 0 Å². The number of aryl methyl sites for hydroxylation is 1. The molecule has 3 heteroatoms. The first-order valence-electron chi connectivity index (χ1n) is 5.20. The molecule has 1 rings (SSSR count). The first-order chi connectivity index (χ1) is 7.13. The van der Waals surface area contributed by atoms with E-state index in [1.165, 1.54) is 0 Å². The van der Waals surface area contributed by atoms with Crippen molar-refractivity contribution in [2.75, 3.05) is 27.2 Å². The van der Waals surface area contributed by atoms with Crippen molar-refractivity contribution < 1.29 is 4.74 Å². The molecule has 0 radical (unpaired) electrons. The van der Waals surface area contributed by atoms with Crippen LogP contribution in [0.1, 0.15) is 11.1 Å². The third-order valence-electron chi connectivity index (χ3n) is 2.28. The second-order valence-corrected chi connectivity index (χ2v) is 3.96. The van der Waals surface area contributed by atoms with Crippen LogP contribution in [0, 0.1) is 6.92 Å². The Hall–Kier alpha value is -1.06. The largest absolute Gasteiger partial charge is 0.492 e. The van der Waals surface area contributed by atoms with Gasteiger partial charge < -0.3 is 15.4 Å². The van der Waals surface area contributed by atoms with Gasteiger partial charge in [-0.15, -0.1) is 0 Å². The minimum Gasteiger partial charge on any atom is -0.492 e. The lowest BCUT2D eigenvalue weighted by Gasteiger charge is -2.13. The number of rotatable bonds is 5. The fourth-order valence-electron chi connectivity index (χ4n) is 1.27. The van der Waals surface area contributed by atoms with Crippen LogP contribution >= 0.6 is 0 Å². The summed E-state index contributed by atoms with van der Waals surface area (Å²) >= 11 is 0. The van der Waals surface area contributed by atoms with Crippen molar-refractivity contribution in [2.24, 2.45) is 5.73 Å². The number of hydrogen-bond acceptors (Lipinski definition) is 3. The van der Waals surface area contributed by atoms with Crippen LogP contribution in [-0.4, -0.2) is 32.1 Å². The van der Waals surface area contributed by atoms with Gasteiger partial charge in [0.15, 0.2) is 0 Å². The third kappa shape index (κ3) is 3.90. The molecule has 0 unspecified atom stereocenters. The van der Waals surface area contributed by atoms with Gasteiger partial charge in [-0.2, -0.15) is 0 Å². The molecule has 1 aromatic carbocycles. The average Bonchev–Trinajstić information content (AvgIpc) is 2.20. The molecular formula is C12H20N2O. The van der Waals surface area contributed by atoms with Crippen LogP contribution in [0.3, 0.4) is 0 Å². The summed E-state index contributed by atoms with van der Waals surface area (Å²) in [5, 5.41) is 0. The van der Waals surface area contributed by atoms with Gasteiger partial charge in [-0.25, -0.2) is 0 Å². The second kappa shape index (κ2) is 5.73. The van der Waals surface area contributed by atoms with Gasteiger partial charge in [0.05, 0.1) is 0 Å². The van der Waals surface area contributed by atoms with Crippen LogP contribution in [0.25, 0.3) is 0 Å². The maximum Gasteiger partial charge on any atom is 0.122 e. The number of nitrogens with zero attached hydrogens (tertiary/aromatic N) is 1. The first-order valence-corrected chi connectivity index (χ1v) is 5.20.